The minimum Gasteiger partial charge on any atom is -0.493 e. The maximum absolute atomic E-state index is 5.86. The van der Waals surface area contributed by atoms with Gasteiger partial charge in [-0.05, 0) is 24.1 Å². The maximum atomic E-state index is 5.86. The van der Waals surface area contributed by atoms with Crippen LogP contribution in [0.1, 0.15) is 29.8 Å². The van der Waals surface area contributed by atoms with Crippen molar-refractivity contribution in [3.05, 3.63) is 54.2 Å². The van der Waals surface area contributed by atoms with Crippen molar-refractivity contribution in [2.45, 2.75) is 25.5 Å². The number of aromatic nitrogens is 4. The van der Waals surface area contributed by atoms with E-state index >= 15 is 0 Å². The molecule has 0 N–H and O–H groups in total. The molecule has 1 aromatic carbocycles. The van der Waals surface area contributed by atoms with Crippen molar-refractivity contribution in [3.8, 4) is 11.5 Å². The van der Waals surface area contributed by atoms with Crippen LogP contribution in [0, 0.1) is 5.92 Å². The number of imidazole rings is 1. The Bertz CT molecular complexity index is 878. The zero-order valence-electron chi connectivity index (χ0n) is 15.4. The molecule has 8 nitrogen and oxygen atoms in total. The second-order valence-corrected chi connectivity index (χ2v) is 6.51. The Hall–Kier alpha value is -2.87. The summed E-state index contributed by atoms with van der Waals surface area (Å²) in [7, 11) is 3.23. The summed E-state index contributed by atoms with van der Waals surface area (Å²) in [5.41, 5.74) is 1.02. The third-order valence-corrected chi connectivity index (χ3v) is 4.76. The average molecular weight is 370 g/mol. The summed E-state index contributed by atoms with van der Waals surface area (Å²) >= 11 is 0. The van der Waals surface area contributed by atoms with Crippen LogP contribution in [0.25, 0.3) is 0 Å². The summed E-state index contributed by atoms with van der Waals surface area (Å²) < 4.78 is 24.0. The molecule has 0 saturated carbocycles. The summed E-state index contributed by atoms with van der Waals surface area (Å²) in [5.74, 6) is 2.81. The second kappa shape index (κ2) is 7.79. The Labute approximate surface area is 157 Å². The predicted molar refractivity (Wildman–Crippen MR) is 95.7 cm³/mol. The monoisotopic (exact) mass is 370 g/mol. The fourth-order valence-corrected chi connectivity index (χ4v) is 3.39. The quantitative estimate of drug-likeness (QED) is 0.632. The number of hydrogen-bond donors (Lipinski definition) is 0. The van der Waals surface area contributed by atoms with Gasteiger partial charge in [0.1, 0.15) is 6.10 Å². The topological polar surface area (TPSA) is 84.4 Å². The van der Waals surface area contributed by atoms with Crippen LogP contribution in [0.3, 0.4) is 0 Å². The van der Waals surface area contributed by atoms with Gasteiger partial charge in [-0.1, -0.05) is 11.2 Å². The number of nitrogens with zero attached hydrogens (tertiary/aromatic N) is 4. The van der Waals surface area contributed by atoms with Crippen LogP contribution >= 0.6 is 0 Å². The second-order valence-electron chi connectivity index (χ2n) is 6.51. The van der Waals surface area contributed by atoms with E-state index in [4.69, 9.17) is 18.7 Å². The molecule has 1 aliphatic heterocycles. The van der Waals surface area contributed by atoms with Gasteiger partial charge < -0.3 is 23.3 Å². The van der Waals surface area contributed by atoms with Gasteiger partial charge >= 0.3 is 0 Å². The summed E-state index contributed by atoms with van der Waals surface area (Å²) in [6.07, 6.45) is 6.86. The van der Waals surface area contributed by atoms with Crippen molar-refractivity contribution < 1.29 is 18.7 Å². The van der Waals surface area contributed by atoms with Gasteiger partial charge in [-0.15, -0.1) is 0 Å². The van der Waals surface area contributed by atoms with Gasteiger partial charge in [0.15, 0.2) is 17.3 Å². The minimum absolute atomic E-state index is 0.181. The van der Waals surface area contributed by atoms with Crippen molar-refractivity contribution in [2.24, 2.45) is 5.92 Å². The van der Waals surface area contributed by atoms with Gasteiger partial charge in [0.25, 0.3) is 5.89 Å². The Morgan fingerprint density at radius 2 is 2.11 bits per heavy atom. The molecule has 8 heteroatoms. The lowest BCUT2D eigenvalue weighted by Crippen LogP contribution is -2.14. The van der Waals surface area contributed by atoms with Crippen LogP contribution in [0.4, 0.5) is 0 Å². The minimum atomic E-state index is -0.181. The van der Waals surface area contributed by atoms with Gasteiger partial charge in [-0.2, -0.15) is 4.98 Å². The molecule has 0 bridgehead atoms. The first-order valence-electron chi connectivity index (χ1n) is 8.87. The summed E-state index contributed by atoms with van der Waals surface area (Å²) in [6, 6.07) is 5.75. The number of benzene rings is 1. The van der Waals surface area contributed by atoms with E-state index in [9.17, 15) is 0 Å². The lowest BCUT2D eigenvalue weighted by molar-refractivity contribution is 0.0587. The van der Waals surface area contributed by atoms with E-state index in [1.807, 2.05) is 35.3 Å². The molecular formula is C19H22N4O4. The van der Waals surface area contributed by atoms with E-state index in [2.05, 4.69) is 15.1 Å². The maximum Gasteiger partial charge on any atom is 0.256 e. The number of hydrogen-bond acceptors (Lipinski definition) is 7. The van der Waals surface area contributed by atoms with Crippen LogP contribution < -0.4 is 9.47 Å². The fraction of sp³-hybridized carbons (Fsp3) is 0.421. The van der Waals surface area contributed by atoms with E-state index in [1.165, 1.54) is 0 Å². The zero-order chi connectivity index (χ0) is 18.6. The third-order valence-electron chi connectivity index (χ3n) is 4.76. The Kier molecular flexibility index (Phi) is 5.06. The third kappa shape index (κ3) is 3.80. The Morgan fingerprint density at radius 3 is 2.89 bits per heavy atom. The van der Waals surface area contributed by atoms with Crippen LogP contribution in [-0.2, 0) is 17.7 Å². The number of methoxy groups -OCH3 is 2. The van der Waals surface area contributed by atoms with Crippen molar-refractivity contribution in [1.82, 2.24) is 19.7 Å². The van der Waals surface area contributed by atoms with Gasteiger partial charge in [0.2, 0.25) is 0 Å². The molecule has 3 heterocycles. The van der Waals surface area contributed by atoms with E-state index in [0.717, 1.165) is 18.5 Å². The van der Waals surface area contributed by atoms with Gasteiger partial charge in [-0.25, -0.2) is 4.98 Å². The van der Waals surface area contributed by atoms with Crippen molar-refractivity contribution in [1.29, 1.82) is 0 Å². The van der Waals surface area contributed by atoms with Gasteiger partial charge in [0, 0.05) is 37.9 Å². The molecule has 4 rings (SSSR count). The molecule has 0 unspecified atom stereocenters. The molecule has 2 atom stereocenters. The lowest BCUT2D eigenvalue weighted by atomic mass is 10.0. The van der Waals surface area contributed by atoms with Gasteiger partial charge in [0.05, 0.1) is 20.5 Å². The smallest absolute Gasteiger partial charge is 0.256 e. The first kappa shape index (κ1) is 17.5. The van der Waals surface area contributed by atoms with Crippen LogP contribution in [0.5, 0.6) is 11.5 Å². The molecule has 3 aromatic rings. The van der Waals surface area contributed by atoms with Crippen molar-refractivity contribution in [3.63, 3.8) is 0 Å². The largest absolute Gasteiger partial charge is 0.493 e. The SMILES string of the molecule is COc1ccc(Cc2noc([C@H]3OCC[C@H]3Cn3ccnc3)n2)cc1OC. The summed E-state index contributed by atoms with van der Waals surface area (Å²) in [4.78, 5) is 8.66. The number of rotatable bonds is 7. The summed E-state index contributed by atoms with van der Waals surface area (Å²) in [6.45, 7) is 1.51. The van der Waals surface area contributed by atoms with Crippen LogP contribution in [-0.4, -0.2) is 40.5 Å². The van der Waals surface area contributed by atoms with E-state index in [-0.39, 0.29) is 12.0 Å². The fourth-order valence-electron chi connectivity index (χ4n) is 3.39. The van der Waals surface area contributed by atoms with Crippen LogP contribution in [0.2, 0.25) is 0 Å². The van der Waals surface area contributed by atoms with E-state index in [1.54, 1.807) is 20.4 Å². The molecule has 142 valence electrons. The first-order chi connectivity index (χ1) is 13.3. The molecular weight excluding hydrogens is 348 g/mol. The van der Waals surface area contributed by atoms with Crippen molar-refractivity contribution in [2.75, 3.05) is 20.8 Å². The van der Waals surface area contributed by atoms with E-state index in [0.29, 0.717) is 36.2 Å². The molecule has 1 saturated heterocycles. The Balaban J connectivity index is 1.46. The Morgan fingerprint density at radius 1 is 1.22 bits per heavy atom. The van der Waals surface area contributed by atoms with Gasteiger partial charge in [-0.3, -0.25) is 0 Å². The zero-order valence-corrected chi connectivity index (χ0v) is 15.4. The molecule has 27 heavy (non-hydrogen) atoms. The highest BCUT2D eigenvalue weighted by Gasteiger charge is 2.34. The standard InChI is InChI=1S/C19H22N4O4/c1-24-15-4-3-13(9-16(15)25-2)10-17-21-19(27-22-17)18-14(5-8-26-18)11-23-7-6-20-12-23/h3-4,6-7,9,12,14,18H,5,8,10-11H2,1-2H3/t14-,18-/m0/s1. The highest BCUT2D eigenvalue weighted by atomic mass is 16.5. The average Bonchev–Trinajstić information content (AvgIpc) is 3.44. The predicted octanol–water partition coefficient (Wildman–Crippen LogP) is 2.65. The highest BCUT2D eigenvalue weighted by Crippen LogP contribution is 2.35. The number of ether oxygens (including phenoxy) is 3. The highest BCUT2D eigenvalue weighted by molar-refractivity contribution is 5.43. The first-order valence-corrected chi connectivity index (χ1v) is 8.87. The lowest BCUT2D eigenvalue weighted by Gasteiger charge is -2.15. The molecule has 0 spiro atoms. The molecule has 2 aromatic heterocycles. The van der Waals surface area contributed by atoms with Crippen molar-refractivity contribution >= 4 is 0 Å². The molecule has 0 radical (unpaired) electrons. The molecule has 0 aliphatic carbocycles. The van der Waals surface area contributed by atoms with E-state index < -0.39 is 0 Å². The van der Waals surface area contributed by atoms with Crippen LogP contribution in [0.15, 0.2) is 41.4 Å². The molecule has 1 fully saturated rings. The molecule has 0 amide bonds. The normalized spacial score (nSPS) is 19.3. The summed E-state index contributed by atoms with van der Waals surface area (Å²) in [5, 5.41) is 4.13. The molecule has 1 aliphatic rings.